The summed E-state index contributed by atoms with van der Waals surface area (Å²) in [5.74, 6) is -0.456. The Morgan fingerprint density at radius 1 is 1.39 bits per heavy atom. The number of aromatic amines is 1. The summed E-state index contributed by atoms with van der Waals surface area (Å²) < 4.78 is 0.973. The summed E-state index contributed by atoms with van der Waals surface area (Å²) in [4.78, 5) is 10.6. The Hall–Kier alpha value is -1.82. The van der Waals surface area contributed by atoms with Crippen LogP contribution in [0.4, 0.5) is 5.82 Å². The summed E-state index contributed by atoms with van der Waals surface area (Å²) in [5, 5.41) is 15.4. The highest BCUT2D eigenvalue weighted by atomic mass is 79.9. The van der Waals surface area contributed by atoms with Crippen LogP contribution in [0.15, 0.2) is 28.7 Å². The van der Waals surface area contributed by atoms with Crippen molar-refractivity contribution in [3.05, 3.63) is 34.4 Å². The molecule has 0 saturated carbocycles. The number of aryl methyl sites for hydroxylation is 1. The minimum absolute atomic E-state index is 0.0468. The molecule has 4 N–H and O–H groups in total. The second-order valence-corrected chi connectivity index (χ2v) is 4.78. The smallest absolute Gasteiger partial charge is 0.303 e. The number of benzene rings is 1. The average molecular weight is 310 g/mol. The maximum atomic E-state index is 10.6. The molecule has 5 nitrogen and oxygen atoms in total. The zero-order valence-electron chi connectivity index (χ0n) is 9.48. The number of carboxylic acids is 1. The first kappa shape index (κ1) is 12.6. The minimum atomic E-state index is -0.843. The Bertz CT molecular complexity index is 563. The van der Waals surface area contributed by atoms with Gasteiger partial charge in [-0.1, -0.05) is 28.1 Å². The van der Waals surface area contributed by atoms with Crippen LogP contribution in [0.1, 0.15) is 12.1 Å². The van der Waals surface area contributed by atoms with Crippen LogP contribution in [-0.2, 0) is 11.2 Å². The second-order valence-electron chi connectivity index (χ2n) is 3.86. The molecule has 0 bridgehead atoms. The Balaban J connectivity index is 2.34. The topological polar surface area (TPSA) is 92.0 Å². The van der Waals surface area contributed by atoms with Crippen molar-refractivity contribution in [2.24, 2.45) is 0 Å². The Morgan fingerprint density at radius 3 is 2.67 bits per heavy atom. The standard InChI is InChI=1S/C12H12BrN3O2/c13-8-3-1-7(2-4-8)11-9(5-6-10(17)18)15-16-12(11)14/h1-4H,5-6H2,(H,17,18)(H3,14,15,16). The second kappa shape index (κ2) is 5.22. The average Bonchev–Trinajstić information content (AvgIpc) is 2.69. The van der Waals surface area contributed by atoms with E-state index < -0.39 is 5.97 Å². The van der Waals surface area contributed by atoms with Gasteiger partial charge in [0.2, 0.25) is 0 Å². The molecule has 0 fully saturated rings. The third kappa shape index (κ3) is 2.70. The first-order valence-corrected chi connectivity index (χ1v) is 6.17. The lowest BCUT2D eigenvalue weighted by molar-refractivity contribution is -0.136. The van der Waals surface area contributed by atoms with E-state index in [1.807, 2.05) is 24.3 Å². The zero-order chi connectivity index (χ0) is 13.1. The van der Waals surface area contributed by atoms with E-state index in [0.29, 0.717) is 12.2 Å². The molecule has 94 valence electrons. The lowest BCUT2D eigenvalue weighted by Crippen LogP contribution is -1.99. The zero-order valence-corrected chi connectivity index (χ0v) is 11.1. The van der Waals surface area contributed by atoms with Crippen molar-refractivity contribution >= 4 is 27.7 Å². The number of aliphatic carboxylic acids is 1. The normalized spacial score (nSPS) is 10.5. The molecule has 1 aromatic heterocycles. The van der Waals surface area contributed by atoms with E-state index >= 15 is 0 Å². The number of carbonyl (C=O) groups is 1. The summed E-state index contributed by atoms with van der Waals surface area (Å²) in [7, 11) is 0. The highest BCUT2D eigenvalue weighted by molar-refractivity contribution is 9.10. The Morgan fingerprint density at radius 2 is 2.06 bits per heavy atom. The van der Waals surface area contributed by atoms with Crippen LogP contribution in [0.2, 0.25) is 0 Å². The summed E-state index contributed by atoms with van der Waals surface area (Å²) in [6.07, 6.45) is 0.427. The van der Waals surface area contributed by atoms with Crippen molar-refractivity contribution in [2.75, 3.05) is 5.73 Å². The molecule has 2 rings (SSSR count). The van der Waals surface area contributed by atoms with Gasteiger partial charge in [0.25, 0.3) is 0 Å². The highest BCUT2D eigenvalue weighted by Crippen LogP contribution is 2.29. The van der Waals surface area contributed by atoms with E-state index in [1.54, 1.807) is 0 Å². The fourth-order valence-corrected chi connectivity index (χ4v) is 2.01. The third-order valence-corrected chi connectivity index (χ3v) is 3.12. The number of nitrogens with two attached hydrogens (primary N) is 1. The number of halogens is 1. The van der Waals surface area contributed by atoms with Gasteiger partial charge in [-0.2, -0.15) is 5.10 Å². The van der Waals surface area contributed by atoms with Gasteiger partial charge in [0.15, 0.2) is 5.82 Å². The molecule has 1 aromatic carbocycles. The molecule has 0 aliphatic carbocycles. The van der Waals surface area contributed by atoms with Gasteiger partial charge in [0.05, 0.1) is 6.42 Å². The summed E-state index contributed by atoms with van der Waals surface area (Å²) in [5.41, 5.74) is 8.27. The first-order valence-electron chi connectivity index (χ1n) is 5.38. The summed E-state index contributed by atoms with van der Waals surface area (Å²) in [6.45, 7) is 0. The molecule has 6 heteroatoms. The highest BCUT2D eigenvalue weighted by Gasteiger charge is 2.13. The van der Waals surface area contributed by atoms with Crippen molar-refractivity contribution in [3.8, 4) is 11.1 Å². The number of hydrogen-bond donors (Lipinski definition) is 3. The van der Waals surface area contributed by atoms with Crippen LogP contribution in [0.5, 0.6) is 0 Å². The number of nitrogens with zero attached hydrogens (tertiary/aromatic N) is 1. The molecule has 0 aliphatic heterocycles. The van der Waals surface area contributed by atoms with Crippen molar-refractivity contribution in [1.82, 2.24) is 10.2 Å². The van der Waals surface area contributed by atoms with Crippen molar-refractivity contribution in [1.29, 1.82) is 0 Å². The van der Waals surface area contributed by atoms with E-state index in [2.05, 4.69) is 26.1 Å². The summed E-state index contributed by atoms with van der Waals surface area (Å²) >= 11 is 3.36. The Kier molecular flexibility index (Phi) is 3.66. The van der Waals surface area contributed by atoms with E-state index in [-0.39, 0.29) is 6.42 Å². The number of nitrogen functional groups attached to an aromatic ring is 1. The molecule has 0 unspecified atom stereocenters. The fraction of sp³-hybridized carbons (Fsp3) is 0.167. The Labute approximate surface area is 112 Å². The monoisotopic (exact) mass is 309 g/mol. The van der Waals surface area contributed by atoms with Gasteiger partial charge in [-0.3, -0.25) is 9.89 Å². The van der Waals surface area contributed by atoms with E-state index in [0.717, 1.165) is 21.3 Å². The molecule has 0 spiro atoms. The molecule has 0 atom stereocenters. The third-order valence-electron chi connectivity index (χ3n) is 2.59. The van der Waals surface area contributed by atoms with Gasteiger partial charge >= 0.3 is 5.97 Å². The van der Waals surface area contributed by atoms with Crippen molar-refractivity contribution in [2.45, 2.75) is 12.8 Å². The van der Waals surface area contributed by atoms with Crippen LogP contribution in [0, 0.1) is 0 Å². The lowest BCUT2D eigenvalue weighted by atomic mass is 10.0. The van der Waals surface area contributed by atoms with Gasteiger partial charge < -0.3 is 10.8 Å². The number of H-pyrrole nitrogens is 1. The van der Waals surface area contributed by atoms with Gasteiger partial charge in [-0.05, 0) is 17.7 Å². The summed E-state index contributed by atoms with van der Waals surface area (Å²) in [6, 6.07) is 7.64. The number of rotatable bonds is 4. The maximum Gasteiger partial charge on any atom is 0.303 e. The van der Waals surface area contributed by atoms with Gasteiger partial charge in [0.1, 0.15) is 0 Å². The SMILES string of the molecule is Nc1n[nH]c(CCC(=O)O)c1-c1ccc(Br)cc1. The molecular formula is C12H12BrN3O2. The van der Waals surface area contributed by atoms with Crippen LogP contribution in [0.25, 0.3) is 11.1 Å². The first-order chi connectivity index (χ1) is 8.58. The lowest BCUT2D eigenvalue weighted by Gasteiger charge is -2.03. The number of aromatic nitrogens is 2. The maximum absolute atomic E-state index is 10.6. The molecular weight excluding hydrogens is 298 g/mol. The largest absolute Gasteiger partial charge is 0.481 e. The fourth-order valence-electron chi connectivity index (χ4n) is 1.75. The van der Waals surface area contributed by atoms with E-state index in [4.69, 9.17) is 10.8 Å². The van der Waals surface area contributed by atoms with Crippen LogP contribution < -0.4 is 5.73 Å². The molecule has 0 radical (unpaired) electrons. The number of hydrogen-bond acceptors (Lipinski definition) is 3. The predicted molar refractivity (Wildman–Crippen MR) is 72.1 cm³/mol. The molecule has 0 amide bonds. The van der Waals surface area contributed by atoms with E-state index in [1.165, 1.54) is 0 Å². The molecule has 2 aromatic rings. The van der Waals surface area contributed by atoms with Crippen LogP contribution in [0.3, 0.4) is 0 Å². The quantitative estimate of drug-likeness (QED) is 0.809. The molecule has 0 saturated heterocycles. The predicted octanol–water partition coefficient (Wildman–Crippen LogP) is 2.44. The van der Waals surface area contributed by atoms with Crippen molar-refractivity contribution in [3.63, 3.8) is 0 Å². The van der Waals surface area contributed by atoms with Crippen molar-refractivity contribution < 1.29 is 9.90 Å². The minimum Gasteiger partial charge on any atom is -0.481 e. The number of nitrogens with one attached hydrogen (secondary N) is 1. The number of carboxylic acid groups (broad SMARTS) is 1. The van der Waals surface area contributed by atoms with Gasteiger partial charge in [-0.25, -0.2) is 0 Å². The van der Waals surface area contributed by atoms with E-state index in [9.17, 15) is 4.79 Å². The molecule has 1 heterocycles. The molecule has 18 heavy (non-hydrogen) atoms. The van der Waals surface area contributed by atoms with Crippen LogP contribution in [-0.4, -0.2) is 21.3 Å². The van der Waals surface area contributed by atoms with Gasteiger partial charge in [-0.15, -0.1) is 0 Å². The molecule has 0 aliphatic rings. The number of anilines is 1. The van der Waals surface area contributed by atoms with Crippen LogP contribution >= 0.6 is 15.9 Å². The van der Waals surface area contributed by atoms with Gasteiger partial charge in [0, 0.05) is 22.2 Å².